The van der Waals surface area contributed by atoms with Crippen LogP contribution in [0, 0.1) is 0 Å². The highest BCUT2D eigenvalue weighted by molar-refractivity contribution is 5.91. The molecule has 0 aliphatic carbocycles. The van der Waals surface area contributed by atoms with Crippen molar-refractivity contribution in [2.45, 2.75) is 51.7 Å². The summed E-state index contributed by atoms with van der Waals surface area (Å²) < 4.78 is 1.65. The smallest absolute Gasteiger partial charge is 0.287 e. The third-order valence-corrected chi connectivity index (χ3v) is 4.49. The zero-order valence-electron chi connectivity index (χ0n) is 16.5. The molecular formula is C18H30N6O3. The zero-order chi connectivity index (χ0) is 20.0. The number of carbonyl (C=O) groups excluding carboxylic acids is 3. The average Bonchev–Trinajstić information content (AvgIpc) is 3.18. The number of hydrogen-bond acceptors (Lipinski definition) is 5. The summed E-state index contributed by atoms with van der Waals surface area (Å²) in [5.41, 5.74) is 0. The van der Waals surface area contributed by atoms with E-state index < -0.39 is 0 Å². The van der Waals surface area contributed by atoms with Crippen LogP contribution in [0.15, 0.2) is 12.4 Å². The fourth-order valence-corrected chi connectivity index (χ4v) is 3.29. The first kappa shape index (κ1) is 20.9. The van der Waals surface area contributed by atoms with Crippen LogP contribution >= 0.6 is 0 Å². The van der Waals surface area contributed by atoms with Crippen molar-refractivity contribution in [3.63, 3.8) is 0 Å². The first-order valence-electron chi connectivity index (χ1n) is 9.41. The molecule has 1 aromatic rings. The van der Waals surface area contributed by atoms with Gasteiger partial charge in [-0.05, 0) is 27.2 Å². The highest BCUT2D eigenvalue weighted by Crippen LogP contribution is 2.19. The summed E-state index contributed by atoms with van der Waals surface area (Å²) >= 11 is 0. The van der Waals surface area contributed by atoms with Crippen molar-refractivity contribution < 1.29 is 14.4 Å². The van der Waals surface area contributed by atoms with Crippen LogP contribution in [0.5, 0.6) is 0 Å². The maximum Gasteiger partial charge on any atom is 0.287 e. The van der Waals surface area contributed by atoms with Crippen molar-refractivity contribution in [1.29, 1.82) is 0 Å². The van der Waals surface area contributed by atoms with Crippen LogP contribution in [0.4, 0.5) is 0 Å². The SMILES string of the molecule is CCNC(=O)[C@@H]1C[C@H](NC(=O)c2nccn2C)CN1CCC(=O)NC(C)C. The minimum absolute atomic E-state index is 0.0415. The minimum Gasteiger partial charge on any atom is -0.355 e. The highest BCUT2D eigenvalue weighted by Gasteiger charge is 2.37. The van der Waals surface area contributed by atoms with E-state index in [0.717, 1.165) is 0 Å². The van der Waals surface area contributed by atoms with Crippen LogP contribution in [0.1, 0.15) is 44.2 Å². The maximum absolute atomic E-state index is 12.4. The summed E-state index contributed by atoms with van der Waals surface area (Å²) in [5, 5.41) is 8.65. The van der Waals surface area contributed by atoms with E-state index in [1.54, 1.807) is 24.0 Å². The standard InChI is InChI=1S/C18H30N6O3/c1-5-19-17(26)14-10-13(22-18(27)16-20-7-9-23(16)4)11-24(14)8-6-15(25)21-12(2)3/h7,9,12-14H,5-6,8,10-11H2,1-4H3,(H,19,26)(H,21,25)(H,22,27)/t13-,14-/m0/s1. The van der Waals surface area contributed by atoms with E-state index in [2.05, 4.69) is 20.9 Å². The Morgan fingerprint density at radius 1 is 1.33 bits per heavy atom. The summed E-state index contributed by atoms with van der Waals surface area (Å²) in [6, 6.07) is -0.446. The molecule has 1 aliphatic heterocycles. The molecule has 0 saturated carbocycles. The van der Waals surface area contributed by atoms with Gasteiger partial charge in [-0.1, -0.05) is 0 Å². The molecule has 2 heterocycles. The first-order chi connectivity index (χ1) is 12.8. The summed E-state index contributed by atoms with van der Waals surface area (Å²) in [4.78, 5) is 42.8. The van der Waals surface area contributed by atoms with E-state index in [4.69, 9.17) is 0 Å². The Hall–Kier alpha value is -2.42. The topological polar surface area (TPSA) is 108 Å². The number of aromatic nitrogens is 2. The lowest BCUT2D eigenvalue weighted by molar-refractivity contribution is -0.127. The van der Waals surface area contributed by atoms with Gasteiger partial charge in [-0.3, -0.25) is 19.3 Å². The van der Waals surface area contributed by atoms with Crippen LogP contribution in [-0.4, -0.2) is 69.9 Å². The van der Waals surface area contributed by atoms with E-state index in [0.29, 0.717) is 38.3 Å². The number of hydrogen-bond donors (Lipinski definition) is 3. The molecule has 1 aromatic heterocycles. The molecule has 3 N–H and O–H groups in total. The monoisotopic (exact) mass is 378 g/mol. The molecule has 0 spiro atoms. The number of imidazole rings is 1. The lowest BCUT2D eigenvalue weighted by atomic mass is 10.1. The van der Waals surface area contributed by atoms with Crippen LogP contribution in [-0.2, 0) is 16.6 Å². The van der Waals surface area contributed by atoms with E-state index in [9.17, 15) is 14.4 Å². The third-order valence-electron chi connectivity index (χ3n) is 4.49. The van der Waals surface area contributed by atoms with Gasteiger partial charge in [0.15, 0.2) is 5.82 Å². The fraction of sp³-hybridized carbons (Fsp3) is 0.667. The van der Waals surface area contributed by atoms with E-state index in [1.807, 2.05) is 25.7 Å². The third kappa shape index (κ3) is 5.78. The highest BCUT2D eigenvalue weighted by atomic mass is 16.2. The number of amides is 3. The molecule has 9 nitrogen and oxygen atoms in total. The van der Waals surface area contributed by atoms with Crippen molar-refractivity contribution in [3.05, 3.63) is 18.2 Å². The molecule has 0 aromatic carbocycles. The van der Waals surface area contributed by atoms with Gasteiger partial charge in [0.25, 0.3) is 5.91 Å². The molecule has 1 saturated heterocycles. The number of likely N-dealkylation sites (tertiary alicyclic amines) is 1. The van der Waals surface area contributed by atoms with Gasteiger partial charge in [0.05, 0.1) is 6.04 Å². The van der Waals surface area contributed by atoms with Crippen LogP contribution in [0.3, 0.4) is 0 Å². The van der Waals surface area contributed by atoms with Gasteiger partial charge in [0, 0.05) is 57.6 Å². The first-order valence-corrected chi connectivity index (χ1v) is 9.41. The zero-order valence-corrected chi connectivity index (χ0v) is 16.5. The Kier molecular flexibility index (Phi) is 7.35. The lowest BCUT2D eigenvalue weighted by Gasteiger charge is -2.23. The Morgan fingerprint density at radius 3 is 2.67 bits per heavy atom. The maximum atomic E-state index is 12.4. The second kappa shape index (κ2) is 9.50. The quantitative estimate of drug-likeness (QED) is 0.573. The molecule has 27 heavy (non-hydrogen) atoms. The summed E-state index contributed by atoms with van der Waals surface area (Å²) in [6.45, 7) is 7.22. The van der Waals surface area contributed by atoms with Gasteiger partial charge >= 0.3 is 0 Å². The molecular weight excluding hydrogens is 348 g/mol. The van der Waals surface area contributed by atoms with Crippen molar-refractivity contribution in [3.8, 4) is 0 Å². The molecule has 0 radical (unpaired) electrons. The average molecular weight is 378 g/mol. The van der Waals surface area contributed by atoms with Crippen LogP contribution in [0.2, 0.25) is 0 Å². The molecule has 9 heteroatoms. The van der Waals surface area contributed by atoms with Gasteiger partial charge in [-0.15, -0.1) is 0 Å². The van der Waals surface area contributed by atoms with Gasteiger partial charge in [0.1, 0.15) is 0 Å². The summed E-state index contributed by atoms with van der Waals surface area (Å²) in [6.07, 6.45) is 4.10. The van der Waals surface area contributed by atoms with E-state index in [-0.39, 0.29) is 35.8 Å². The van der Waals surface area contributed by atoms with Gasteiger partial charge in [0.2, 0.25) is 11.8 Å². The van der Waals surface area contributed by atoms with Gasteiger partial charge in [-0.2, -0.15) is 0 Å². The van der Waals surface area contributed by atoms with Gasteiger partial charge in [-0.25, -0.2) is 4.98 Å². The Bertz CT molecular complexity index is 672. The predicted octanol–water partition coefficient (Wildman–Crippen LogP) is -0.356. The summed E-state index contributed by atoms with van der Waals surface area (Å²) in [7, 11) is 1.76. The second-order valence-electron chi connectivity index (χ2n) is 7.15. The lowest BCUT2D eigenvalue weighted by Crippen LogP contribution is -2.44. The minimum atomic E-state index is -0.358. The second-order valence-corrected chi connectivity index (χ2v) is 7.15. The number of nitrogens with zero attached hydrogens (tertiary/aromatic N) is 3. The van der Waals surface area contributed by atoms with Crippen molar-refractivity contribution in [1.82, 2.24) is 30.4 Å². The van der Waals surface area contributed by atoms with Gasteiger partial charge < -0.3 is 20.5 Å². The Balaban J connectivity index is 1.98. The van der Waals surface area contributed by atoms with Crippen molar-refractivity contribution in [2.24, 2.45) is 7.05 Å². The molecule has 1 aliphatic rings. The Labute approximate surface area is 159 Å². The normalized spacial score (nSPS) is 19.9. The molecule has 3 amide bonds. The van der Waals surface area contributed by atoms with Crippen molar-refractivity contribution in [2.75, 3.05) is 19.6 Å². The predicted molar refractivity (Wildman–Crippen MR) is 101 cm³/mol. The molecule has 0 bridgehead atoms. The molecule has 150 valence electrons. The van der Waals surface area contributed by atoms with Crippen LogP contribution < -0.4 is 16.0 Å². The van der Waals surface area contributed by atoms with Crippen molar-refractivity contribution >= 4 is 17.7 Å². The molecule has 2 atom stereocenters. The van der Waals surface area contributed by atoms with Crippen LogP contribution in [0.25, 0.3) is 0 Å². The number of rotatable bonds is 8. The number of carbonyl (C=O) groups is 3. The largest absolute Gasteiger partial charge is 0.355 e. The molecule has 1 fully saturated rings. The summed E-state index contributed by atoms with van der Waals surface area (Å²) in [5.74, 6) is -0.0449. The molecule has 2 rings (SSSR count). The number of aryl methyl sites for hydroxylation is 1. The fourth-order valence-electron chi connectivity index (χ4n) is 3.29. The molecule has 0 unspecified atom stereocenters. The van der Waals surface area contributed by atoms with E-state index in [1.165, 1.54) is 0 Å². The van der Waals surface area contributed by atoms with E-state index >= 15 is 0 Å². The Morgan fingerprint density at radius 2 is 2.07 bits per heavy atom. The number of likely N-dealkylation sites (N-methyl/N-ethyl adjacent to an activating group) is 1. The number of nitrogens with one attached hydrogen (secondary N) is 3.